The first-order chi connectivity index (χ1) is 6.38. The zero-order valence-electron chi connectivity index (χ0n) is 8.67. The first-order valence-corrected chi connectivity index (χ1v) is 4.80. The van der Waals surface area contributed by atoms with E-state index in [1.54, 1.807) is 6.92 Å². The van der Waals surface area contributed by atoms with E-state index in [1.807, 2.05) is 6.92 Å². The summed E-state index contributed by atoms with van der Waals surface area (Å²) >= 11 is 0. The van der Waals surface area contributed by atoms with Gasteiger partial charge in [-0.2, -0.15) is 0 Å². The number of hydrogen-bond acceptors (Lipinski definition) is 2. The van der Waals surface area contributed by atoms with E-state index in [2.05, 4.69) is 6.58 Å². The Hall–Kier alpha value is -1.12. The normalized spacial score (nSPS) is 33.1. The van der Waals surface area contributed by atoms with Crippen LogP contribution in [0.4, 0.5) is 0 Å². The maximum Gasteiger partial charge on any atom is 0.304 e. The van der Waals surface area contributed by atoms with Gasteiger partial charge in [0.25, 0.3) is 0 Å². The van der Waals surface area contributed by atoms with Crippen LogP contribution in [-0.2, 0) is 9.59 Å². The Kier molecular flexibility index (Phi) is 2.79. The molecule has 1 N–H and O–H groups in total. The molecule has 14 heavy (non-hydrogen) atoms. The maximum atomic E-state index is 11.5. The monoisotopic (exact) mass is 196 g/mol. The summed E-state index contributed by atoms with van der Waals surface area (Å²) in [5.41, 5.74) is 0.341. The van der Waals surface area contributed by atoms with Gasteiger partial charge in [0.2, 0.25) is 0 Å². The molecule has 0 aromatic carbocycles. The number of carbonyl (C=O) groups is 2. The Balaban J connectivity index is 2.95. The Morgan fingerprint density at radius 1 is 1.64 bits per heavy atom. The standard InChI is InChI=1S/C11H16O3/c1-7-4-5-9(12)8(2)11(7,3)6-10(13)14/h8H,1,4-6H2,2-3H3,(H,13,14). The van der Waals surface area contributed by atoms with Crippen molar-refractivity contribution in [2.75, 3.05) is 0 Å². The summed E-state index contributed by atoms with van der Waals surface area (Å²) in [6, 6.07) is 0. The second-order valence-corrected chi connectivity index (χ2v) is 4.28. The van der Waals surface area contributed by atoms with Crippen LogP contribution in [0.2, 0.25) is 0 Å². The average Bonchev–Trinajstić information content (AvgIpc) is 2.08. The van der Waals surface area contributed by atoms with Crippen LogP contribution in [0.25, 0.3) is 0 Å². The van der Waals surface area contributed by atoms with Crippen molar-refractivity contribution in [2.24, 2.45) is 11.3 Å². The molecular formula is C11H16O3. The summed E-state index contributed by atoms with van der Waals surface area (Å²) in [5.74, 6) is -0.934. The molecule has 0 heterocycles. The van der Waals surface area contributed by atoms with E-state index in [9.17, 15) is 9.59 Å². The van der Waals surface area contributed by atoms with Crippen LogP contribution in [0.1, 0.15) is 33.1 Å². The van der Waals surface area contributed by atoms with E-state index in [0.29, 0.717) is 12.8 Å². The van der Waals surface area contributed by atoms with Gasteiger partial charge >= 0.3 is 5.97 Å². The molecule has 0 radical (unpaired) electrons. The third-order valence-electron chi connectivity index (χ3n) is 3.44. The number of rotatable bonds is 2. The Bertz CT molecular complexity index is 293. The molecule has 1 aliphatic carbocycles. The van der Waals surface area contributed by atoms with Crippen molar-refractivity contribution in [1.82, 2.24) is 0 Å². The lowest BCUT2D eigenvalue weighted by atomic mass is 9.63. The average molecular weight is 196 g/mol. The quantitative estimate of drug-likeness (QED) is 0.687. The highest BCUT2D eigenvalue weighted by atomic mass is 16.4. The Morgan fingerprint density at radius 3 is 2.71 bits per heavy atom. The van der Waals surface area contributed by atoms with E-state index < -0.39 is 11.4 Å². The van der Waals surface area contributed by atoms with Gasteiger partial charge in [0.15, 0.2) is 0 Å². The van der Waals surface area contributed by atoms with Gasteiger partial charge in [-0.1, -0.05) is 26.0 Å². The van der Waals surface area contributed by atoms with Crippen molar-refractivity contribution < 1.29 is 14.7 Å². The number of aliphatic carboxylic acids is 1. The van der Waals surface area contributed by atoms with E-state index in [0.717, 1.165) is 5.57 Å². The predicted octanol–water partition coefficient (Wildman–Crippen LogP) is 2.02. The molecule has 3 nitrogen and oxygen atoms in total. The summed E-state index contributed by atoms with van der Waals surface area (Å²) in [7, 11) is 0. The number of allylic oxidation sites excluding steroid dienone is 1. The third kappa shape index (κ3) is 1.72. The lowest BCUT2D eigenvalue weighted by molar-refractivity contribution is -0.141. The molecule has 2 atom stereocenters. The number of hydrogen-bond donors (Lipinski definition) is 1. The summed E-state index contributed by atoms with van der Waals surface area (Å²) in [5, 5.41) is 8.80. The Morgan fingerprint density at radius 2 is 2.21 bits per heavy atom. The summed E-state index contributed by atoms with van der Waals surface area (Å²) in [6.07, 6.45) is 1.14. The van der Waals surface area contributed by atoms with Crippen molar-refractivity contribution >= 4 is 11.8 Å². The molecule has 1 rings (SSSR count). The van der Waals surface area contributed by atoms with Crippen LogP contribution < -0.4 is 0 Å². The molecule has 1 saturated carbocycles. The van der Waals surface area contributed by atoms with Crippen LogP contribution in [0, 0.1) is 11.3 Å². The van der Waals surface area contributed by atoms with Crippen LogP contribution in [0.3, 0.4) is 0 Å². The molecule has 0 spiro atoms. The SMILES string of the molecule is C=C1CCC(=O)C(C)C1(C)CC(=O)O. The Labute approximate surface area is 83.8 Å². The van der Waals surface area contributed by atoms with Gasteiger partial charge in [-0.15, -0.1) is 0 Å². The smallest absolute Gasteiger partial charge is 0.304 e. The minimum atomic E-state index is -0.866. The van der Waals surface area contributed by atoms with Crippen molar-refractivity contribution in [2.45, 2.75) is 33.1 Å². The molecule has 0 bridgehead atoms. The van der Waals surface area contributed by atoms with Gasteiger partial charge in [0, 0.05) is 17.8 Å². The first-order valence-electron chi connectivity index (χ1n) is 4.80. The maximum absolute atomic E-state index is 11.5. The van der Waals surface area contributed by atoms with Crippen LogP contribution in [0.5, 0.6) is 0 Å². The van der Waals surface area contributed by atoms with Gasteiger partial charge in [-0.3, -0.25) is 9.59 Å². The number of carbonyl (C=O) groups excluding carboxylic acids is 1. The predicted molar refractivity (Wildman–Crippen MR) is 52.9 cm³/mol. The fraction of sp³-hybridized carbons (Fsp3) is 0.636. The molecule has 3 heteroatoms. The van der Waals surface area contributed by atoms with Crippen LogP contribution in [-0.4, -0.2) is 16.9 Å². The van der Waals surface area contributed by atoms with Gasteiger partial charge in [0.05, 0.1) is 6.42 Å². The van der Waals surface area contributed by atoms with Gasteiger partial charge in [0.1, 0.15) is 5.78 Å². The second-order valence-electron chi connectivity index (χ2n) is 4.28. The third-order valence-corrected chi connectivity index (χ3v) is 3.44. The number of carboxylic acids is 1. The summed E-state index contributed by atoms with van der Waals surface area (Å²) < 4.78 is 0. The van der Waals surface area contributed by atoms with E-state index in [-0.39, 0.29) is 18.1 Å². The molecule has 0 amide bonds. The molecule has 0 aromatic rings. The largest absolute Gasteiger partial charge is 0.481 e. The van der Waals surface area contributed by atoms with Gasteiger partial charge < -0.3 is 5.11 Å². The molecule has 1 aliphatic rings. The van der Waals surface area contributed by atoms with Crippen LogP contribution >= 0.6 is 0 Å². The molecule has 1 fully saturated rings. The highest BCUT2D eigenvalue weighted by molar-refractivity contribution is 5.84. The first kappa shape index (κ1) is 11.0. The van der Waals surface area contributed by atoms with Gasteiger partial charge in [-0.05, 0) is 6.42 Å². The summed E-state index contributed by atoms with van der Waals surface area (Å²) in [4.78, 5) is 22.2. The molecule has 78 valence electrons. The highest BCUT2D eigenvalue weighted by Crippen LogP contribution is 2.44. The van der Waals surface area contributed by atoms with E-state index >= 15 is 0 Å². The molecule has 0 aromatic heterocycles. The number of carboxylic acid groups (broad SMARTS) is 1. The van der Waals surface area contributed by atoms with Crippen molar-refractivity contribution in [3.05, 3.63) is 12.2 Å². The number of ketones is 1. The van der Waals surface area contributed by atoms with Crippen molar-refractivity contribution in [3.8, 4) is 0 Å². The van der Waals surface area contributed by atoms with Crippen molar-refractivity contribution in [3.63, 3.8) is 0 Å². The second kappa shape index (κ2) is 3.56. The minimum Gasteiger partial charge on any atom is -0.481 e. The minimum absolute atomic E-state index is 0.00125. The summed E-state index contributed by atoms with van der Waals surface area (Å²) in [6.45, 7) is 7.52. The van der Waals surface area contributed by atoms with E-state index in [1.165, 1.54) is 0 Å². The lowest BCUT2D eigenvalue weighted by Crippen LogP contribution is -2.38. The zero-order chi connectivity index (χ0) is 10.9. The van der Waals surface area contributed by atoms with E-state index in [4.69, 9.17) is 5.11 Å². The fourth-order valence-corrected chi connectivity index (χ4v) is 2.03. The zero-order valence-corrected chi connectivity index (χ0v) is 8.67. The lowest BCUT2D eigenvalue weighted by Gasteiger charge is -2.39. The highest BCUT2D eigenvalue weighted by Gasteiger charge is 2.42. The van der Waals surface area contributed by atoms with Crippen molar-refractivity contribution in [1.29, 1.82) is 0 Å². The molecule has 0 saturated heterocycles. The van der Waals surface area contributed by atoms with Gasteiger partial charge in [-0.25, -0.2) is 0 Å². The van der Waals surface area contributed by atoms with Crippen LogP contribution in [0.15, 0.2) is 12.2 Å². The molecule has 0 aliphatic heterocycles. The molecule has 2 unspecified atom stereocenters. The topological polar surface area (TPSA) is 54.4 Å². The number of Topliss-reactive ketones (excluding diaryl/α,β-unsaturated/α-hetero) is 1. The molecular weight excluding hydrogens is 180 g/mol. The fourth-order valence-electron chi connectivity index (χ4n) is 2.03.